The Morgan fingerprint density at radius 1 is 1.32 bits per heavy atom. The van der Waals surface area contributed by atoms with Crippen molar-refractivity contribution in [3.8, 4) is 0 Å². The molecule has 0 aliphatic carbocycles. The van der Waals surface area contributed by atoms with Crippen LogP contribution in [0.5, 0.6) is 0 Å². The molecule has 1 atom stereocenters. The van der Waals surface area contributed by atoms with Crippen LogP contribution < -0.4 is 10.2 Å². The fourth-order valence-electron chi connectivity index (χ4n) is 3.14. The number of para-hydroxylation sites is 1. The summed E-state index contributed by atoms with van der Waals surface area (Å²) >= 11 is 0. The van der Waals surface area contributed by atoms with Crippen LogP contribution in [0.3, 0.4) is 0 Å². The highest BCUT2D eigenvalue weighted by molar-refractivity contribution is 5.54. The third-order valence-electron chi connectivity index (χ3n) is 4.18. The fourth-order valence-corrected chi connectivity index (χ4v) is 3.14. The first-order valence-electron chi connectivity index (χ1n) is 7.58. The number of benzene rings is 1. The van der Waals surface area contributed by atoms with E-state index in [2.05, 4.69) is 34.5 Å². The molecule has 1 fully saturated rings. The molecule has 3 heteroatoms. The molecule has 0 spiro atoms. The minimum absolute atomic E-state index is 0.528. The fraction of sp³-hybridized carbons (Fsp3) is 0.625. The maximum atomic E-state index is 5.71. The average molecular weight is 260 g/mol. The molecule has 3 rings (SSSR count). The third kappa shape index (κ3) is 3.28. The SMILES string of the molecule is c1ccc2c(c1)CNCCN2CCCC1CCCO1. The zero-order valence-corrected chi connectivity index (χ0v) is 11.6. The van der Waals surface area contributed by atoms with E-state index in [-0.39, 0.29) is 0 Å². The van der Waals surface area contributed by atoms with E-state index in [0.29, 0.717) is 6.10 Å². The van der Waals surface area contributed by atoms with E-state index in [4.69, 9.17) is 4.74 Å². The van der Waals surface area contributed by atoms with Gasteiger partial charge in [0.25, 0.3) is 0 Å². The molecule has 0 amide bonds. The maximum Gasteiger partial charge on any atom is 0.0576 e. The van der Waals surface area contributed by atoms with Crippen LogP contribution in [0.25, 0.3) is 0 Å². The minimum atomic E-state index is 0.528. The molecule has 2 aliphatic rings. The molecular weight excluding hydrogens is 236 g/mol. The molecule has 0 radical (unpaired) electrons. The Morgan fingerprint density at radius 3 is 3.16 bits per heavy atom. The lowest BCUT2D eigenvalue weighted by molar-refractivity contribution is 0.103. The van der Waals surface area contributed by atoms with Crippen molar-refractivity contribution in [2.45, 2.75) is 38.3 Å². The van der Waals surface area contributed by atoms with Crippen molar-refractivity contribution < 1.29 is 4.74 Å². The molecule has 1 N–H and O–H groups in total. The molecule has 1 aromatic carbocycles. The van der Waals surface area contributed by atoms with E-state index < -0.39 is 0 Å². The van der Waals surface area contributed by atoms with Crippen molar-refractivity contribution in [2.24, 2.45) is 0 Å². The van der Waals surface area contributed by atoms with Crippen LogP contribution in [0.2, 0.25) is 0 Å². The summed E-state index contributed by atoms with van der Waals surface area (Å²) in [5.41, 5.74) is 2.84. The van der Waals surface area contributed by atoms with Crippen molar-refractivity contribution in [3.05, 3.63) is 29.8 Å². The molecule has 2 aliphatic heterocycles. The van der Waals surface area contributed by atoms with Gasteiger partial charge in [0.15, 0.2) is 0 Å². The van der Waals surface area contributed by atoms with Crippen LogP contribution in [-0.2, 0) is 11.3 Å². The summed E-state index contributed by atoms with van der Waals surface area (Å²) in [6.07, 6.45) is 5.49. The van der Waals surface area contributed by atoms with Crippen molar-refractivity contribution in [1.82, 2.24) is 5.32 Å². The van der Waals surface area contributed by atoms with Gasteiger partial charge in [-0.05, 0) is 37.3 Å². The smallest absolute Gasteiger partial charge is 0.0576 e. The Morgan fingerprint density at radius 2 is 2.26 bits per heavy atom. The number of fused-ring (bicyclic) bond motifs is 1. The summed E-state index contributed by atoms with van der Waals surface area (Å²) in [4.78, 5) is 2.53. The number of anilines is 1. The summed E-state index contributed by atoms with van der Waals surface area (Å²) in [7, 11) is 0. The zero-order valence-electron chi connectivity index (χ0n) is 11.6. The third-order valence-corrected chi connectivity index (χ3v) is 4.18. The van der Waals surface area contributed by atoms with Gasteiger partial charge in [0.05, 0.1) is 6.10 Å². The minimum Gasteiger partial charge on any atom is -0.378 e. The summed E-state index contributed by atoms with van der Waals surface area (Å²) in [6.45, 7) is 5.31. The summed E-state index contributed by atoms with van der Waals surface area (Å²) in [6, 6.07) is 8.78. The lowest BCUT2D eigenvalue weighted by atomic mass is 10.1. The molecule has 0 saturated carbocycles. The van der Waals surface area contributed by atoms with Gasteiger partial charge in [0.2, 0.25) is 0 Å². The largest absolute Gasteiger partial charge is 0.378 e. The summed E-state index contributed by atoms with van der Waals surface area (Å²) < 4.78 is 5.71. The van der Waals surface area contributed by atoms with Crippen molar-refractivity contribution >= 4 is 5.69 Å². The van der Waals surface area contributed by atoms with Gasteiger partial charge in [-0.2, -0.15) is 0 Å². The molecule has 0 bridgehead atoms. The standard InChI is InChI=1S/C16H24N2O/c1-2-8-16-14(5-1)13-17-9-11-18(16)10-3-6-15-7-4-12-19-15/h1-2,5,8,15,17H,3-4,6-7,9-13H2. The van der Waals surface area contributed by atoms with Gasteiger partial charge in [-0.15, -0.1) is 0 Å². The summed E-state index contributed by atoms with van der Waals surface area (Å²) in [5, 5.41) is 3.50. The van der Waals surface area contributed by atoms with Crippen LogP contribution in [-0.4, -0.2) is 32.3 Å². The Kier molecular flexibility index (Phi) is 4.36. The van der Waals surface area contributed by atoms with Crippen LogP contribution in [0.15, 0.2) is 24.3 Å². The molecule has 1 aromatic rings. The van der Waals surface area contributed by atoms with E-state index in [0.717, 1.165) is 32.8 Å². The van der Waals surface area contributed by atoms with Gasteiger partial charge in [0.1, 0.15) is 0 Å². The van der Waals surface area contributed by atoms with Gasteiger partial charge < -0.3 is 15.0 Å². The van der Waals surface area contributed by atoms with E-state index in [1.54, 1.807) is 0 Å². The molecule has 3 nitrogen and oxygen atoms in total. The number of hydrogen-bond donors (Lipinski definition) is 1. The van der Waals surface area contributed by atoms with E-state index in [9.17, 15) is 0 Å². The van der Waals surface area contributed by atoms with Crippen LogP contribution in [0.4, 0.5) is 5.69 Å². The van der Waals surface area contributed by atoms with Crippen LogP contribution in [0.1, 0.15) is 31.2 Å². The number of rotatable bonds is 4. The Bertz CT molecular complexity index is 401. The second kappa shape index (κ2) is 6.40. The Hall–Kier alpha value is -1.06. The van der Waals surface area contributed by atoms with Gasteiger partial charge in [-0.25, -0.2) is 0 Å². The highest BCUT2D eigenvalue weighted by atomic mass is 16.5. The molecular formula is C16H24N2O. The lowest BCUT2D eigenvalue weighted by Crippen LogP contribution is -2.30. The quantitative estimate of drug-likeness (QED) is 0.900. The average Bonchev–Trinajstić information content (AvgIpc) is 2.87. The van der Waals surface area contributed by atoms with Gasteiger partial charge in [-0.1, -0.05) is 18.2 Å². The van der Waals surface area contributed by atoms with Crippen LogP contribution >= 0.6 is 0 Å². The predicted octanol–water partition coefficient (Wildman–Crippen LogP) is 2.56. The van der Waals surface area contributed by atoms with Crippen molar-refractivity contribution in [3.63, 3.8) is 0 Å². The van der Waals surface area contributed by atoms with Crippen molar-refractivity contribution in [1.29, 1.82) is 0 Å². The van der Waals surface area contributed by atoms with Crippen LogP contribution in [0, 0.1) is 0 Å². The van der Waals surface area contributed by atoms with Gasteiger partial charge in [0, 0.05) is 38.5 Å². The number of ether oxygens (including phenoxy) is 1. The maximum absolute atomic E-state index is 5.71. The zero-order chi connectivity index (χ0) is 12.9. The van der Waals surface area contributed by atoms with E-state index >= 15 is 0 Å². The molecule has 1 saturated heterocycles. The second-order valence-electron chi connectivity index (χ2n) is 5.57. The molecule has 1 unspecified atom stereocenters. The molecule has 0 aromatic heterocycles. The predicted molar refractivity (Wildman–Crippen MR) is 78.6 cm³/mol. The highest BCUT2D eigenvalue weighted by Gasteiger charge is 2.17. The highest BCUT2D eigenvalue weighted by Crippen LogP contribution is 2.23. The first-order chi connectivity index (χ1) is 9.43. The molecule has 2 heterocycles. The second-order valence-corrected chi connectivity index (χ2v) is 5.57. The van der Waals surface area contributed by atoms with Gasteiger partial charge in [-0.3, -0.25) is 0 Å². The topological polar surface area (TPSA) is 24.5 Å². The monoisotopic (exact) mass is 260 g/mol. The van der Waals surface area contributed by atoms with Gasteiger partial charge >= 0.3 is 0 Å². The Labute approximate surface area is 115 Å². The number of nitrogens with zero attached hydrogens (tertiary/aromatic N) is 1. The first kappa shape index (κ1) is 12.9. The van der Waals surface area contributed by atoms with Crippen molar-refractivity contribution in [2.75, 3.05) is 31.1 Å². The number of nitrogens with one attached hydrogen (secondary N) is 1. The molecule has 19 heavy (non-hydrogen) atoms. The lowest BCUT2D eigenvalue weighted by Gasteiger charge is -2.25. The van der Waals surface area contributed by atoms with E-state index in [1.165, 1.54) is 36.9 Å². The Balaban J connectivity index is 1.57. The molecule has 104 valence electrons. The first-order valence-corrected chi connectivity index (χ1v) is 7.58. The number of hydrogen-bond acceptors (Lipinski definition) is 3. The van der Waals surface area contributed by atoms with E-state index in [1.807, 2.05) is 0 Å². The summed E-state index contributed by atoms with van der Waals surface area (Å²) in [5.74, 6) is 0. The normalized spacial score (nSPS) is 23.2.